The zero-order valence-corrected chi connectivity index (χ0v) is 11.6. The van der Waals surface area contributed by atoms with Crippen molar-refractivity contribution in [1.82, 2.24) is 14.5 Å². The van der Waals surface area contributed by atoms with Gasteiger partial charge >= 0.3 is 0 Å². The third kappa shape index (κ3) is 2.20. The van der Waals surface area contributed by atoms with Gasteiger partial charge in [-0.2, -0.15) is 4.98 Å². The third-order valence-electron chi connectivity index (χ3n) is 2.16. The average Bonchev–Trinajstić information content (AvgIpc) is 2.45. The first-order valence-corrected chi connectivity index (χ1v) is 9.01. The number of hydrogen-bond acceptors (Lipinski definition) is 3. The van der Waals surface area contributed by atoms with E-state index in [0.29, 0.717) is 11.1 Å². The number of nitrogens with zero attached hydrogens (tertiary/aromatic N) is 3. The molecule has 0 aromatic carbocycles. The lowest BCUT2D eigenvalue weighted by Gasteiger charge is -2.17. The molecule has 0 saturated heterocycles. The fourth-order valence-electron chi connectivity index (χ4n) is 1.49. The van der Waals surface area contributed by atoms with E-state index in [0.717, 1.165) is 11.0 Å². The van der Waals surface area contributed by atoms with Crippen LogP contribution in [-0.2, 0) is 7.05 Å². The summed E-state index contributed by atoms with van der Waals surface area (Å²) >= 11 is 6.12. The Balaban J connectivity index is 2.52. The number of aromatic nitrogens is 3. The van der Waals surface area contributed by atoms with Crippen LogP contribution < -0.4 is 4.98 Å². The number of fused-ring (bicyclic) bond motifs is 1. The van der Waals surface area contributed by atoms with E-state index in [1.807, 2.05) is 23.9 Å². The smallest absolute Gasteiger partial charge is 0.217 e. The van der Waals surface area contributed by atoms with Gasteiger partial charge in [0, 0.05) is 13.2 Å². The van der Waals surface area contributed by atoms with Gasteiger partial charge in [0.2, 0.25) is 5.95 Å². The van der Waals surface area contributed by atoms with Crippen molar-refractivity contribution in [3.05, 3.63) is 17.4 Å². The number of hydrogen-bond donors (Lipinski definition) is 1. The van der Waals surface area contributed by atoms with E-state index < -0.39 is 8.24 Å². The van der Waals surface area contributed by atoms with E-state index in [-0.39, 0.29) is 0 Å². The number of rotatable bonds is 2. The average molecular weight is 255 g/mol. The Morgan fingerprint density at radius 3 is 2.62 bits per heavy atom. The summed E-state index contributed by atoms with van der Waals surface area (Å²) in [6, 6.07) is 1.93. The van der Waals surface area contributed by atoms with Crippen molar-refractivity contribution in [2.45, 2.75) is 19.6 Å². The molecular weight excluding hydrogens is 240 g/mol. The van der Waals surface area contributed by atoms with Gasteiger partial charge in [0.15, 0.2) is 0 Å². The Labute approximate surface area is 101 Å². The van der Waals surface area contributed by atoms with E-state index in [9.17, 15) is 0 Å². The summed E-state index contributed by atoms with van der Waals surface area (Å²) in [7, 11) is 0.500. The monoisotopic (exact) mass is 254 g/mol. The molecule has 0 aliphatic heterocycles. The summed E-state index contributed by atoms with van der Waals surface area (Å²) in [5, 5.41) is 1.40. The van der Waals surface area contributed by atoms with Crippen molar-refractivity contribution in [3.8, 4) is 0 Å². The van der Waals surface area contributed by atoms with Crippen molar-refractivity contribution in [2.24, 2.45) is 7.05 Å². The second-order valence-electron chi connectivity index (χ2n) is 4.88. The standard InChI is InChI=1S/C10H15ClN4Si/c1-15-6-5-7-8(11)12-10(13-9(7)15)14-16(2,3)4/h5-6H,1-4H3,(H,12,13,14). The predicted octanol–water partition coefficient (Wildman–Crippen LogP) is 2.87. The number of halogens is 1. The fraction of sp³-hybridized carbons (Fsp3) is 0.400. The zero-order valence-electron chi connectivity index (χ0n) is 9.87. The first kappa shape index (κ1) is 11.4. The minimum absolute atomic E-state index is 0.506. The maximum atomic E-state index is 6.12. The highest BCUT2D eigenvalue weighted by molar-refractivity contribution is 6.79. The second kappa shape index (κ2) is 3.75. The van der Waals surface area contributed by atoms with E-state index in [1.54, 1.807) is 0 Å². The lowest BCUT2D eigenvalue weighted by atomic mass is 10.4. The molecule has 1 N–H and O–H groups in total. The summed E-state index contributed by atoms with van der Waals surface area (Å²) in [5.41, 5.74) is 0.862. The van der Waals surface area contributed by atoms with Crippen LogP contribution in [0.3, 0.4) is 0 Å². The molecule has 0 atom stereocenters. The van der Waals surface area contributed by atoms with Gasteiger partial charge < -0.3 is 9.55 Å². The molecule has 0 bridgehead atoms. The van der Waals surface area contributed by atoms with Crippen molar-refractivity contribution >= 4 is 36.8 Å². The van der Waals surface area contributed by atoms with Crippen LogP contribution in [0.25, 0.3) is 11.0 Å². The Hall–Kier alpha value is -1.07. The van der Waals surface area contributed by atoms with Gasteiger partial charge in [-0.3, -0.25) is 0 Å². The van der Waals surface area contributed by atoms with E-state index in [4.69, 9.17) is 11.6 Å². The summed E-state index contributed by atoms with van der Waals surface area (Å²) in [4.78, 5) is 12.1. The highest BCUT2D eigenvalue weighted by Gasteiger charge is 2.16. The predicted molar refractivity (Wildman–Crippen MR) is 70.5 cm³/mol. The van der Waals surface area contributed by atoms with Crippen LogP contribution in [0.1, 0.15) is 0 Å². The Morgan fingerprint density at radius 1 is 1.31 bits per heavy atom. The van der Waals surface area contributed by atoms with Gasteiger partial charge in [0.05, 0.1) is 5.39 Å². The number of aryl methyl sites for hydroxylation is 1. The molecule has 0 radical (unpaired) electrons. The third-order valence-corrected chi connectivity index (χ3v) is 3.43. The lowest BCUT2D eigenvalue weighted by molar-refractivity contribution is 0.945. The van der Waals surface area contributed by atoms with Gasteiger partial charge in [-0.1, -0.05) is 31.2 Å². The molecule has 86 valence electrons. The molecule has 0 saturated carbocycles. The van der Waals surface area contributed by atoms with Crippen molar-refractivity contribution in [2.75, 3.05) is 4.98 Å². The van der Waals surface area contributed by atoms with Gasteiger partial charge in [0.25, 0.3) is 0 Å². The number of nitrogens with one attached hydrogen (secondary N) is 1. The molecular formula is C10H15ClN4Si. The summed E-state index contributed by atoms with van der Waals surface area (Å²) in [6.45, 7) is 6.58. The molecule has 0 aliphatic carbocycles. The van der Waals surface area contributed by atoms with Crippen LogP contribution in [0, 0.1) is 0 Å². The fourth-order valence-corrected chi connectivity index (χ4v) is 2.50. The molecule has 2 aromatic rings. The highest BCUT2D eigenvalue weighted by atomic mass is 35.5. The normalized spacial score (nSPS) is 12.1. The quantitative estimate of drug-likeness (QED) is 0.662. The van der Waals surface area contributed by atoms with E-state index in [2.05, 4.69) is 34.6 Å². The van der Waals surface area contributed by atoms with Crippen molar-refractivity contribution in [1.29, 1.82) is 0 Å². The van der Waals surface area contributed by atoms with Crippen molar-refractivity contribution in [3.63, 3.8) is 0 Å². The molecule has 4 nitrogen and oxygen atoms in total. The van der Waals surface area contributed by atoms with Crippen LogP contribution in [0.2, 0.25) is 24.8 Å². The second-order valence-corrected chi connectivity index (χ2v) is 9.98. The van der Waals surface area contributed by atoms with E-state index >= 15 is 0 Å². The SMILES string of the molecule is Cn1ccc2c(Cl)nc(N[Si](C)(C)C)nc21. The first-order valence-electron chi connectivity index (χ1n) is 5.13. The Bertz CT molecular complexity index is 529. The molecule has 6 heteroatoms. The van der Waals surface area contributed by atoms with Gasteiger partial charge in [-0.15, -0.1) is 0 Å². The molecule has 2 aromatic heterocycles. The first-order chi connectivity index (χ1) is 7.37. The summed E-state index contributed by atoms with van der Waals surface area (Å²) in [6.07, 6.45) is 1.93. The van der Waals surface area contributed by atoms with Crippen LogP contribution >= 0.6 is 11.6 Å². The molecule has 0 unspecified atom stereocenters. The largest absolute Gasteiger partial charge is 0.380 e. The lowest BCUT2D eigenvalue weighted by Crippen LogP contribution is -2.33. The molecule has 0 fully saturated rings. The zero-order chi connectivity index (χ0) is 11.9. The molecule has 0 aliphatic rings. The maximum absolute atomic E-state index is 6.12. The van der Waals surface area contributed by atoms with Crippen LogP contribution in [0.15, 0.2) is 12.3 Å². The van der Waals surface area contributed by atoms with Gasteiger partial charge in [0.1, 0.15) is 19.0 Å². The van der Waals surface area contributed by atoms with Crippen LogP contribution in [-0.4, -0.2) is 22.8 Å². The highest BCUT2D eigenvalue weighted by Crippen LogP contribution is 2.22. The van der Waals surface area contributed by atoms with Crippen LogP contribution in [0.4, 0.5) is 5.95 Å². The summed E-state index contributed by atoms with van der Waals surface area (Å²) < 4.78 is 1.94. The maximum Gasteiger partial charge on any atom is 0.217 e. The minimum atomic E-state index is -1.45. The van der Waals surface area contributed by atoms with Crippen LogP contribution in [0.5, 0.6) is 0 Å². The minimum Gasteiger partial charge on any atom is -0.380 e. The molecule has 0 amide bonds. The molecule has 2 rings (SSSR count). The number of anilines is 1. The molecule has 0 spiro atoms. The van der Waals surface area contributed by atoms with Crippen molar-refractivity contribution < 1.29 is 0 Å². The molecule has 16 heavy (non-hydrogen) atoms. The summed E-state index contributed by atoms with van der Waals surface area (Å²) in [5.74, 6) is 0.624. The van der Waals surface area contributed by atoms with Gasteiger partial charge in [-0.05, 0) is 6.07 Å². The Morgan fingerprint density at radius 2 is 2.00 bits per heavy atom. The topological polar surface area (TPSA) is 42.7 Å². The molecule has 2 heterocycles. The van der Waals surface area contributed by atoms with E-state index in [1.165, 1.54) is 0 Å². The Kier molecular flexibility index (Phi) is 2.67. The van der Waals surface area contributed by atoms with Gasteiger partial charge in [-0.25, -0.2) is 4.98 Å².